The van der Waals surface area contributed by atoms with Crippen LogP contribution in [-0.4, -0.2) is 31.6 Å². The maximum absolute atomic E-state index is 5.78. The summed E-state index contributed by atoms with van der Waals surface area (Å²) in [7, 11) is 2.21. The van der Waals surface area contributed by atoms with Crippen LogP contribution in [0.1, 0.15) is 35.6 Å². The Labute approximate surface area is 119 Å². The lowest BCUT2D eigenvalue weighted by atomic mass is 9.97. The molecule has 0 bridgehead atoms. The lowest BCUT2D eigenvalue weighted by molar-refractivity contribution is 0.277. The van der Waals surface area contributed by atoms with Crippen LogP contribution in [0.5, 0.6) is 0 Å². The van der Waals surface area contributed by atoms with Gasteiger partial charge < -0.3 is 10.6 Å². The van der Waals surface area contributed by atoms with Crippen LogP contribution in [0.3, 0.4) is 0 Å². The zero-order valence-electron chi connectivity index (χ0n) is 13.3. The molecule has 2 nitrogen and oxygen atoms in total. The number of hydrogen-bond acceptors (Lipinski definition) is 2. The Hall–Kier alpha value is -0.860. The molecular weight excluding hydrogens is 232 g/mol. The Morgan fingerprint density at radius 1 is 1.16 bits per heavy atom. The molecule has 1 atom stereocenters. The Kier molecular flexibility index (Phi) is 6.53. The summed E-state index contributed by atoms with van der Waals surface area (Å²) in [6.07, 6.45) is 2.30. The summed E-state index contributed by atoms with van der Waals surface area (Å²) < 4.78 is 0. The molecule has 19 heavy (non-hydrogen) atoms. The predicted octanol–water partition coefficient (Wildman–Crippen LogP) is 3.07. The first-order chi connectivity index (χ1) is 8.97. The molecule has 0 saturated carbocycles. The van der Waals surface area contributed by atoms with E-state index in [9.17, 15) is 0 Å². The maximum Gasteiger partial charge on any atom is 0.00191 e. The van der Waals surface area contributed by atoms with Crippen LogP contribution in [-0.2, 0) is 6.42 Å². The van der Waals surface area contributed by atoms with Gasteiger partial charge in [0.1, 0.15) is 0 Å². The van der Waals surface area contributed by atoms with E-state index in [4.69, 9.17) is 5.73 Å². The fraction of sp³-hybridized carbons (Fsp3) is 0.647. The zero-order valence-corrected chi connectivity index (χ0v) is 13.3. The third-order valence-corrected chi connectivity index (χ3v) is 4.06. The number of likely N-dealkylation sites (N-methyl/N-ethyl adjacent to an activating group) is 1. The molecule has 1 aromatic rings. The summed E-state index contributed by atoms with van der Waals surface area (Å²) in [5, 5.41) is 0. The lowest BCUT2D eigenvalue weighted by Gasteiger charge is -2.23. The number of aryl methyl sites for hydroxylation is 3. The summed E-state index contributed by atoms with van der Waals surface area (Å²) in [5.74, 6) is 0.630. The van der Waals surface area contributed by atoms with Gasteiger partial charge in [0.2, 0.25) is 0 Å². The van der Waals surface area contributed by atoms with E-state index in [-0.39, 0.29) is 0 Å². The van der Waals surface area contributed by atoms with Crippen LogP contribution >= 0.6 is 0 Å². The molecule has 0 aliphatic rings. The fourth-order valence-electron chi connectivity index (χ4n) is 2.81. The van der Waals surface area contributed by atoms with Crippen molar-refractivity contribution in [3.05, 3.63) is 34.4 Å². The minimum atomic E-state index is 0.630. The molecule has 0 aromatic heterocycles. The minimum Gasteiger partial charge on any atom is -0.330 e. The van der Waals surface area contributed by atoms with Gasteiger partial charge in [0.25, 0.3) is 0 Å². The van der Waals surface area contributed by atoms with Gasteiger partial charge in [0.15, 0.2) is 0 Å². The summed E-state index contributed by atoms with van der Waals surface area (Å²) >= 11 is 0. The van der Waals surface area contributed by atoms with Crippen molar-refractivity contribution in [2.45, 2.75) is 40.5 Å². The fourth-order valence-corrected chi connectivity index (χ4v) is 2.81. The van der Waals surface area contributed by atoms with Crippen LogP contribution in [0.4, 0.5) is 0 Å². The van der Waals surface area contributed by atoms with Crippen LogP contribution in [0.25, 0.3) is 0 Å². The highest BCUT2D eigenvalue weighted by Gasteiger charge is 2.09. The van der Waals surface area contributed by atoms with Gasteiger partial charge in [-0.25, -0.2) is 0 Å². The first kappa shape index (κ1) is 16.2. The van der Waals surface area contributed by atoms with Gasteiger partial charge in [-0.15, -0.1) is 0 Å². The standard InChI is InChI=1S/C17H30N2/c1-6-16(11-18)12-19(5)8-7-17-14(3)9-13(2)10-15(17)4/h9-10,16H,6-8,11-12,18H2,1-5H3. The third kappa shape index (κ3) is 4.96. The molecule has 108 valence electrons. The number of nitrogens with two attached hydrogens (primary N) is 1. The second-order valence-electron chi connectivity index (χ2n) is 5.90. The smallest absolute Gasteiger partial charge is 0.00191 e. The van der Waals surface area contributed by atoms with Gasteiger partial charge in [0, 0.05) is 13.1 Å². The van der Waals surface area contributed by atoms with Crippen molar-refractivity contribution in [2.75, 3.05) is 26.7 Å². The predicted molar refractivity (Wildman–Crippen MR) is 84.7 cm³/mol. The summed E-state index contributed by atoms with van der Waals surface area (Å²) in [6, 6.07) is 4.58. The van der Waals surface area contributed by atoms with Gasteiger partial charge >= 0.3 is 0 Å². The molecule has 1 rings (SSSR count). The van der Waals surface area contributed by atoms with Crippen LogP contribution in [0.15, 0.2) is 12.1 Å². The number of benzene rings is 1. The van der Waals surface area contributed by atoms with Crippen LogP contribution in [0, 0.1) is 26.7 Å². The number of hydrogen-bond donors (Lipinski definition) is 1. The number of nitrogens with zero attached hydrogens (tertiary/aromatic N) is 1. The molecule has 1 aromatic carbocycles. The Bertz CT molecular complexity index is 371. The molecule has 0 spiro atoms. The van der Waals surface area contributed by atoms with Gasteiger partial charge in [-0.1, -0.05) is 31.0 Å². The highest BCUT2D eigenvalue weighted by molar-refractivity contribution is 5.37. The second kappa shape index (κ2) is 7.66. The average molecular weight is 262 g/mol. The van der Waals surface area contributed by atoms with Gasteiger partial charge in [-0.2, -0.15) is 0 Å². The third-order valence-electron chi connectivity index (χ3n) is 4.06. The monoisotopic (exact) mass is 262 g/mol. The van der Waals surface area contributed by atoms with Gasteiger partial charge in [-0.3, -0.25) is 0 Å². The van der Waals surface area contributed by atoms with Crippen molar-refractivity contribution in [2.24, 2.45) is 11.7 Å². The van der Waals surface area contributed by atoms with E-state index in [2.05, 4.69) is 51.8 Å². The maximum atomic E-state index is 5.78. The van der Waals surface area contributed by atoms with Crippen molar-refractivity contribution in [3.63, 3.8) is 0 Å². The molecular formula is C17H30N2. The van der Waals surface area contributed by atoms with E-state index in [0.717, 1.165) is 26.1 Å². The quantitative estimate of drug-likeness (QED) is 0.818. The van der Waals surface area contributed by atoms with E-state index in [1.54, 1.807) is 0 Å². The van der Waals surface area contributed by atoms with Crippen molar-refractivity contribution in [1.29, 1.82) is 0 Å². The van der Waals surface area contributed by atoms with Crippen molar-refractivity contribution in [1.82, 2.24) is 4.90 Å². The molecule has 0 amide bonds. The summed E-state index contributed by atoms with van der Waals surface area (Å²) in [6.45, 7) is 11.9. The molecule has 0 saturated heterocycles. The minimum absolute atomic E-state index is 0.630. The highest BCUT2D eigenvalue weighted by atomic mass is 15.1. The van der Waals surface area contributed by atoms with E-state index in [0.29, 0.717) is 5.92 Å². The molecule has 2 heteroatoms. The van der Waals surface area contributed by atoms with Crippen LogP contribution < -0.4 is 5.73 Å². The molecule has 0 radical (unpaired) electrons. The molecule has 0 aliphatic carbocycles. The molecule has 0 aliphatic heterocycles. The van der Waals surface area contributed by atoms with E-state index < -0.39 is 0 Å². The van der Waals surface area contributed by atoms with Crippen molar-refractivity contribution >= 4 is 0 Å². The largest absolute Gasteiger partial charge is 0.330 e. The molecule has 1 unspecified atom stereocenters. The summed E-state index contributed by atoms with van der Waals surface area (Å²) in [5.41, 5.74) is 11.5. The molecule has 2 N–H and O–H groups in total. The van der Waals surface area contributed by atoms with E-state index >= 15 is 0 Å². The molecule has 0 fully saturated rings. The van der Waals surface area contributed by atoms with Crippen molar-refractivity contribution < 1.29 is 0 Å². The van der Waals surface area contributed by atoms with E-state index in [1.165, 1.54) is 28.7 Å². The topological polar surface area (TPSA) is 29.3 Å². The van der Waals surface area contributed by atoms with Crippen LogP contribution in [0.2, 0.25) is 0 Å². The Morgan fingerprint density at radius 2 is 1.74 bits per heavy atom. The van der Waals surface area contributed by atoms with Crippen molar-refractivity contribution in [3.8, 4) is 0 Å². The highest BCUT2D eigenvalue weighted by Crippen LogP contribution is 2.17. The Balaban J connectivity index is 2.57. The SMILES string of the molecule is CCC(CN)CN(C)CCc1c(C)cc(C)cc1C. The number of rotatable bonds is 7. The summed E-state index contributed by atoms with van der Waals surface area (Å²) in [4.78, 5) is 2.42. The lowest BCUT2D eigenvalue weighted by Crippen LogP contribution is -2.31. The van der Waals surface area contributed by atoms with Gasteiger partial charge in [0.05, 0.1) is 0 Å². The zero-order chi connectivity index (χ0) is 14.4. The average Bonchev–Trinajstić information content (AvgIpc) is 2.34. The van der Waals surface area contributed by atoms with E-state index in [1.807, 2.05) is 0 Å². The van der Waals surface area contributed by atoms with Gasteiger partial charge in [-0.05, 0) is 63.4 Å². The second-order valence-corrected chi connectivity index (χ2v) is 5.90. The first-order valence-corrected chi connectivity index (χ1v) is 7.43. The first-order valence-electron chi connectivity index (χ1n) is 7.43. The Morgan fingerprint density at radius 3 is 2.21 bits per heavy atom. The normalized spacial score (nSPS) is 13.0. The molecule has 0 heterocycles.